The van der Waals surface area contributed by atoms with Gasteiger partial charge in [0, 0.05) is 15.5 Å². The van der Waals surface area contributed by atoms with E-state index in [2.05, 4.69) is 51.6 Å². The largest absolute Gasteiger partial charge is 0.308 e. The molecule has 0 fully saturated rings. The average molecular weight is 393 g/mol. The summed E-state index contributed by atoms with van der Waals surface area (Å²) < 4.78 is 19.1. The fraction of sp³-hybridized carbons (Fsp3) is 0.429. The summed E-state index contributed by atoms with van der Waals surface area (Å²) in [5, 5.41) is 7.44. The van der Waals surface area contributed by atoms with E-state index in [-0.39, 0.29) is 16.5 Å². The molecule has 2 aromatic rings. The van der Waals surface area contributed by atoms with Gasteiger partial charge in [-0.2, -0.15) is 0 Å². The highest BCUT2D eigenvalue weighted by Gasteiger charge is 2.29. The summed E-state index contributed by atoms with van der Waals surface area (Å²) in [6, 6.07) is 3.14. The van der Waals surface area contributed by atoms with E-state index in [4.69, 9.17) is 11.6 Å². The molecule has 114 valence electrons. The highest BCUT2D eigenvalue weighted by molar-refractivity contribution is 9.10. The molecule has 0 aliphatic rings. The number of halogens is 3. The monoisotopic (exact) mass is 391 g/mol. The van der Waals surface area contributed by atoms with Gasteiger partial charge in [0.25, 0.3) is 0 Å². The zero-order chi connectivity index (χ0) is 15.8. The van der Waals surface area contributed by atoms with Crippen LogP contribution >= 0.6 is 39.1 Å². The van der Waals surface area contributed by atoms with E-state index in [1.165, 1.54) is 11.5 Å². The fourth-order valence-electron chi connectivity index (χ4n) is 2.10. The Balaban J connectivity index is 2.56. The Hall–Kier alpha value is -0.560. The lowest BCUT2D eigenvalue weighted by Gasteiger charge is -2.22. The van der Waals surface area contributed by atoms with Crippen molar-refractivity contribution in [2.45, 2.75) is 32.2 Å². The first-order chi connectivity index (χ1) is 9.77. The minimum atomic E-state index is -0.432. The van der Waals surface area contributed by atoms with Crippen molar-refractivity contribution in [2.75, 3.05) is 7.05 Å². The topological polar surface area (TPSA) is 37.8 Å². The van der Waals surface area contributed by atoms with Crippen molar-refractivity contribution in [1.29, 1.82) is 0 Å². The summed E-state index contributed by atoms with van der Waals surface area (Å²) in [6.45, 7) is 6.18. The molecular weight excluding hydrogens is 377 g/mol. The summed E-state index contributed by atoms with van der Waals surface area (Å²) in [4.78, 5) is 0.905. The summed E-state index contributed by atoms with van der Waals surface area (Å²) in [7, 11) is 1.78. The first-order valence-electron chi connectivity index (χ1n) is 6.40. The maximum Gasteiger partial charge on any atom is 0.148 e. The van der Waals surface area contributed by atoms with Crippen LogP contribution in [0.5, 0.6) is 0 Å². The highest BCUT2D eigenvalue weighted by Crippen LogP contribution is 2.37. The smallest absolute Gasteiger partial charge is 0.148 e. The molecule has 0 bridgehead atoms. The molecule has 0 saturated carbocycles. The van der Waals surface area contributed by atoms with Crippen molar-refractivity contribution in [1.82, 2.24) is 14.9 Å². The summed E-state index contributed by atoms with van der Waals surface area (Å²) >= 11 is 10.5. The second-order valence-corrected chi connectivity index (χ2v) is 7.74. The van der Waals surface area contributed by atoms with Crippen molar-refractivity contribution >= 4 is 39.1 Å². The Kier molecular flexibility index (Phi) is 5.03. The van der Waals surface area contributed by atoms with Crippen LogP contribution in [-0.4, -0.2) is 16.6 Å². The van der Waals surface area contributed by atoms with Gasteiger partial charge in [-0.1, -0.05) is 42.9 Å². The molecule has 0 saturated heterocycles. The van der Waals surface area contributed by atoms with Gasteiger partial charge in [0.05, 0.1) is 21.6 Å². The molecule has 7 heteroatoms. The van der Waals surface area contributed by atoms with Crippen LogP contribution in [0.1, 0.15) is 42.9 Å². The third-order valence-corrected chi connectivity index (χ3v) is 5.20. The van der Waals surface area contributed by atoms with Crippen molar-refractivity contribution in [3.05, 3.63) is 43.6 Å². The van der Waals surface area contributed by atoms with E-state index in [1.54, 1.807) is 19.2 Å². The van der Waals surface area contributed by atoms with Crippen LogP contribution in [0.4, 0.5) is 4.39 Å². The SMILES string of the molecule is CNC(c1ccc(Br)c(Cl)c1F)c1snnc1C(C)(C)C. The maximum atomic E-state index is 14.5. The lowest BCUT2D eigenvalue weighted by Crippen LogP contribution is -2.23. The molecule has 2 rings (SSSR count). The van der Waals surface area contributed by atoms with Crippen LogP contribution in [-0.2, 0) is 5.41 Å². The molecule has 1 N–H and O–H groups in total. The number of rotatable bonds is 3. The van der Waals surface area contributed by atoms with Gasteiger partial charge in [-0.15, -0.1) is 5.10 Å². The van der Waals surface area contributed by atoms with Crippen molar-refractivity contribution in [3.63, 3.8) is 0 Å². The quantitative estimate of drug-likeness (QED) is 0.769. The van der Waals surface area contributed by atoms with Crippen LogP contribution in [0, 0.1) is 5.82 Å². The predicted molar refractivity (Wildman–Crippen MR) is 88.6 cm³/mol. The number of nitrogens with one attached hydrogen (secondary N) is 1. The minimum Gasteiger partial charge on any atom is -0.308 e. The summed E-state index contributed by atoms with van der Waals surface area (Å²) in [5.41, 5.74) is 1.19. The number of hydrogen-bond donors (Lipinski definition) is 1. The van der Waals surface area contributed by atoms with Crippen molar-refractivity contribution in [2.24, 2.45) is 0 Å². The lowest BCUT2D eigenvalue weighted by atomic mass is 9.89. The second kappa shape index (κ2) is 6.28. The van der Waals surface area contributed by atoms with Crippen molar-refractivity contribution in [3.8, 4) is 0 Å². The Morgan fingerprint density at radius 3 is 2.62 bits per heavy atom. The standard InChI is InChI=1S/C14H16BrClFN3S/c1-14(2,3)13-12(21-20-19-13)11(18-4)7-5-6-8(15)9(16)10(7)17/h5-6,11,18H,1-4H3. The van der Waals surface area contributed by atoms with E-state index in [9.17, 15) is 4.39 Å². The first-order valence-corrected chi connectivity index (χ1v) is 8.35. The first kappa shape index (κ1) is 16.8. The molecular formula is C14H16BrClFN3S. The number of benzene rings is 1. The Morgan fingerprint density at radius 1 is 1.38 bits per heavy atom. The lowest BCUT2D eigenvalue weighted by molar-refractivity contribution is 0.538. The maximum absolute atomic E-state index is 14.5. The molecule has 1 heterocycles. The average Bonchev–Trinajstić information content (AvgIpc) is 2.89. The molecule has 1 aromatic heterocycles. The van der Waals surface area contributed by atoms with Crippen LogP contribution in [0.3, 0.4) is 0 Å². The van der Waals surface area contributed by atoms with Gasteiger partial charge < -0.3 is 5.32 Å². The van der Waals surface area contributed by atoms with E-state index in [0.29, 0.717) is 10.0 Å². The Morgan fingerprint density at radius 2 is 2.05 bits per heavy atom. The van der Waals surface area contributed by atoms with E-state index >= 15 is 0 Å². The molecule has 1 unspecified atom stereocenters. The Labute approximate surface area is 141 Å². The van der Waals surface area contributed by atoms with Crippen molar-refractivity contribution < 1.29 is 4.39 Å². The number of hydrogen-bond acceptors (Lipinski definition) is 4. The van der Waals surface area contributed by atoms with Gasteiger partial charge in [0.1, 0.15) is 5.82 Å². The second-order valence-electron chi connectivity index (χ2n) is 5.72. The van der Waals surface area contributed by atoms with Gasteiger partial charge in [-0.05, 0) is 40.6 Å². The highest BCUT2D eigenvalue weighted by atomic mass is 79.9. The predicted octanol–water partition coefficient (Wildman–Crippen LogP) is 4.70. The molecule has 0 aliphatic carbocycles. The van der Waals surface area contributed by atoms with Gasteiger partial charge in [-0.3, -0.25) is 0 Å². The van der Waals surface area contributed by atoms with E-state index in [1.807, 2.05) is 0 Å². The molecule has 1 atom stereocenters. The molecule has 0 aliphatic heterocycles. The molecule has 1 aromatic carbocycles. The zero-order valence-corrected chi connectivity index (χ0v) is 15.3. The summed E-state index contributed by atoms with van der Waals surface area (Å²) in [6.07, 6.45) is 0. The molecule has 3 nitrogen and oxygen atoms in total. The molecule has 0 amide bonds. The van der Waals surface area contributed by atoms with Crippen LogP contribution in [0.15, 0.2) is 16.6 Å². The van der Waals surface area contributed by atoms with Gasteiger partial charge >= 0.3 is 0 Å². The number of nitrogens with zero attached hydrogens (tertiary/aromatic N) is 2. The van der Waals surface area contributed by atoms with Crippen LogP contribution in [0.2, 0.25) is 5.02 Å². The van der Waals surface area contributed by atoms with Gasteiger partial charge in [0.2, 0.25) is 0 Å². The van der Waals surface area contributed by atoms with Crippen LogP contribution in [0.25, 0.3) is 0 Å². The molecule has 0 spiro atoms. The zero-order valence-electron chi connectivity index (χ0n) is 12.2. The van der Waals surface area contributed by atoms with E-state index < -0.39 is 5.82 Å². The van der Waals surface area contributed by atoms with Gasteiger partial charge in [-0.25, -0.2) is 4.39 Å². The minimum absolute atomic E-state index is 0.0857. The fourth-order valence-corrected chi connectivity index (χ4v) is 3.57. The van der Waals surface area contributed by atoms with E-state index in [0.717, 1.165) is 10.6 Å². The molecule has 0 radical (unpaired) electrons. The number of aromatic nitrogens is 2. The third-order valence-electron chi connectivity index (χ3n) is 3.15. The molecule has 21 heavy (non-hydrogen) atoms. The van der Waals surface area contributed by atoms with Gasteiger partial charge in [0.15, 0.2) is 0 Å². The Bertz CT molecular complexity index is 654. The van der Waals surface area contributed by atoms with Crippen LogP contribution < -0.4 is 5.32 Å². The summed E-state index contributed by atoms with van der Waals surface area (Å²) in [5.74, 6) is -0.432. The third kappa shape index (κ3) is 3.28. The normalized spacial score (nSPS) is 13.5.